The third kappa shape index (κ3) is 3.94. The van der Waals surface area contributed by atoms with Gasteiger partial charge < -0.3 is 5.32 Å². The van der Waals surface area contributed by atoms with Crippen LogP contribution in [-0.2, 0) is 6.42 Å². The Balaban J connectivity index is 2.35. The molecule has 0 aliphatic carbocycles. The van der Waals surface area contributed by atoms with Crippen molar-refractivity contribution < 1.29 is 8.78 Å². The van der Waals surface area contributed by atoms with Crippen LogP contribution in [0.3, 0.4) is 0 Å². The standard InChI is InChI=1S/C16H15Cl2F2N/c1-2-21-15(12-9-11(19)6-7-13(12)17)8-10-4-3-5-14(18)16(10)20/h3-7,9,15,21H,2,8H2,1H3. The second kappa shape index (κ2) is 7.21. The van der Waals surface area contributed by atoms with Gasteiger partial charge in [0.1, 0.15) is 11.6 Å². The predicted molar refractivity (Wildman–Crippen MR) is 82.9 cm³/mol. The number of likely N-dealkylation sites (N-methyl/N-ethyl adjacent to an activating group) is 1. The van der Waals surface area contributed by atoms with E-state index in [4.69, 9.17) is 23.2 Å². The molecule has 1 atom stereocenters. The van der Waals surface area contributed by atoms with Crippen LogP contribution in [0.1, 0.15) is 24.1 Å². The average molecular weight is 330 g/mol. The molecular weight excluding hydrogens is 315 g/mol. The maximum atomic E-state index is 14.0. The number of hydrogen-bond acceptors (Lipinski definition) is 1. The van der Waals surface area contributed by atoms with Gasteiger partial charge in [-0.1, -0.05) is 42.3 Å². The second-order valence-electron chi connectivity index (χ2n) is 4.69. The number of benzene rings is 2. The Hall–Kier alpha value is -1.16. The number of nitrogens with one attached hydrogen (secondary N) is 1. The Labute approximate surface area is 132 Å². The largest absolute Gasteiger partial charge is 0.310 e. The summed E-state index contributed by atoms with van der Waals surface area (Å²) >= 11 is 11.9. The van der Waals surface area contributed by atoms with Crippen LogP contribution in [0.5, 0.6) is 0 Å². The second-order valence-corrected chi connectivity index (χ2v) is 5.51. The van der Waals surface area contributed by atoms with E-state index in [-0.39, 0.29) is 16.9 Å². The molecule has 0 bridgehead atoms. The van der Waals surface area contributed by atoms with Crippen LogP contribution in [0.25, 0.3) is 0 Å². The molecule has 0 spiro atoms. The topological polar surface area (TPSA) is 12.0 Å². The van der Waals surface area contributed by atoms with Gasteiger partial charge in [0.15, 0.2) is 0 Å². The number of rotatable bonds is 5. The molecule has 0 aromatic heterocycles. The zero-order valence-corrected chi connectivity index (χ0v) is 13.0. The predicted octanol–water partition coefficient (Wildman–Crippen LogP) is 5.16. The zero-order valence-electron chi connectivity index (χ0n) is 11.5. The van der Waals surface area contributed by atoms with E-state index in [0.29, 0.717) is 29.1 Å². The van der Waals surface area contributed by atoms with Gasteiger partial charge in [-0.25, -0.2) is 8.78 Å². The highest BCUT2D eigenvalue weighted by Gasteiger charge is 2.18. The van der Waals surface area contributed by atoms with Crippen molar-refractivity contribution in [1.29, 1.82) is 0 Å². The zero-order chi connectivity index (χ0) is 15.4. The Kier molecular flexibility index (Phi) is 5.57. The summed E-state index contributed by atoms with van der Waals surface area (Å²) in [6.07, 6.45) is 0.337. The molecule has 112 valence electrons. The van der Waals surface area contributed by atoms with E-state index in [1.165, 1.54) is 24.3 Å². The monoisotopic (exact) mass is 329 g/mol. The van der Waals surface area contributed by atoms with Crippen molar-refractivity contribution in [3.8, 4) is 0 Å². The molecule has 0 aliphatic rings. The molecule has 2 rings (SSSR count). The van der Waals surface area contributed by atoms with Gasteiger partial charge in [-0.05, 0) is 48.4 Å². The maximum absolute atomic E-state index is 14.0. The first-order valence-electron chi connectivity index (χ1n) is 6.64. The normalized spacial score (nSPS) is 12.4. The lowest BCUT2D eigenvalue weighted by Crippen LogP contribution is -2.24. The first kappa shape index (κ1) is 16.2. The first-order chi connectivity index (χ1) is 10.0. The molecule has 0 saturated carbocycles. The third-order valence-electron chi connectivity index (χ3n) is 3.24. The Morgan fingerprint density at radius 1 is 1.10 bits per heavy atom. The molecule has 0 amide bonds. The van der Waals surface area contributed by atoms with E-state index in [0.717, 1.165) is 0 Å². The van der Waals surface area contributed by atoms with Gasteiger partial charge in [0.2, 0.25) is 0 Å². The molecule has 0 aliphatic heterocycles. The smallest absolute Gasteiger partial charge is 0.145 e. The van der Waals surface area contributed by atoms with E-state index in [1.807, 2.05) is 6.92 Å². The molecule has 1 nitrogen and oxygen atoms in total. The fourth-order valence-corrected chi connectivity index (χ4v) is 2.69. The van der Waals surface area contributed by atoms with Crippen molar-refractivity contribution in [1.82, 2.24) is 5.32 Å². The van der Waals surface area contributed by atoms with Crippen LogP contribution in [0.15, 0.2) is 36.4 Å². The molecule has 1 unspecified atom stereocenters. The van der Waals surface area contributed by atoms with Crippen molar-refractivity contribution in [3.63, 3.8) is 0 Å². The van der Waals surface area contributed by atoms with Crippen molar-refractivity contribution in [2.75, 3.05) is 6.54 Å². The fourth-order valence-electron chi connectivity index (χ4n) is 2.25. The lowest BCUT2D eigenvalue weighted by molar-refractivity contribution is 0.524. The summed E-state index contributed by atoms with van der Waals surface area (Å²) in [5.41, 5.74) is 1.08. The van der Waals surface area contributed by atoms with E-state index in [2.05, 4.69) is 5.32 Å². The van der Waals surface area contributed by atoms with Gasteiger partial charge in [0, 0.05) is 11.1 Å². The summed E-state index contributed by atoms with van der Waals surface area (Å²) in [6.45, 7) is 2.58. The SMILES string of the molecule is CCNC(Cc1cccc(Cl)c1F)c1cc(F)ccc1Cl. The molecule has 21 heavy (non-hydrogen) atoms. The fraction of sp³-hybridized carbons (Fsp3) is 0.250. The van der Waals surface area contributed by atoms with Crippen LogP contribution in [0.4, 0.5) is 8.78 Å². The quantitative estimate of drug-likeness (QED) is 0.798. The van der Waals surface area contributed by atoms with Crippen molar-refractivity contribution in [2.45, 2.75) is 19.4 Å². The molecule has 0 radical (unpaired) electrons. The molecule has 0 fully saturated rings. The van der Waals surface area contributed by atoms with Crippen LogP contribution >= 0.6 is 23.2 Å². The molecule has 0 heterocycles. The van der Waals surface area contributed by atoms with Gasteiger partial charge in [-0.3, -0.25) is 0 Å². The highest BCUT2D eigenvalue weighted by molar-refractivity contribution is 6.31. The molecular formula is C16H15Cl2F2N. The third-order valence-corrected chi connectivity index (χ3v) is 3.88. The van der Waals surface area contributed by atoms with Gasteiger partial charge >= 0.3 is 0 Å². The lowest BCUT2D eigenvalue weighted by Gasteiger charge is -2.20. The van der Waals surface area contributed by atoms with Crippen LogP contribution in [0, 0.1) is 11.6 Å². The Morgan fingerprint density at radius 3 is 2.57 bits per heavy atom. The van der Waals surface area contributed by atoms with Gasteiger partial charge in [-0.15, -0.1) is 0 Å². The lowest BCUT2D eigenvalue weighted by atomic mass is 9.98. The van der Waals surface area contributed by atoms with E-state index < -0.39 is 5.82 Å². The van der Waals surface area contributed by atoms with Crippen LogP contribution < -0.4 is 5.32 Å². The molecule has 2 aromatic rings. The minimum Gasteiger partial charge on any atom is -0.310 e. The Bertz CT molecular complexity index is 632. The molecule has 1 N–H and O–H groups in total. The molecule has 5 heteroatoms. The summed E-state index contributed by atoms with van der Waals surface area (Å²) in [5.74, 6) is -0.821. The van der Waals surface area contributed by atoms with Gasteiger partial charge in [-0.2, -0.15) is 0 Å². The first-order valence-corrected chi connectivity index (χ1v) is 7.39. The molecule has 0 saturated heterocycles. The minimum atomic E-state index is -0.449. The van der Waals surface area contributed by atoms with Crippen LogP contribution in [-0.4, -0.2) is 6.54 Å². The van der Waals surface area contributed by atoms with Crippen molar-refractivity contribution >= 4 is 23.2 Å². The van der Waals surface area contributed by atoms with Crippen molar-refractivity contribution in [3.05, 3.63) is 69.2 Å². The van der Waals surface area contributed by atoms with E-state index in [1.54, 1.807) is 12.1 Å². The minimum absolute atomic E-state index is 0.0769. The molecule has 2 aromatic carbocycles. The highest BCUT2D eigenvalue weighted by Crippen LogP contribution is 2.28. The van der Waals surface area contributed by atoms with Crippen molar-refractivity contribution in [2.24, 2.45) is 0 Å². The van der Waals surface area contributed by atoms with Gasteiger partial charge in [0.05, 0.1) is 5.02 Å². The van der Waals surface area contributed by atoms with E-state index >= 15 is 0 Å². The van der Waals surface area contributed by atoms with Gasteiger partial charge in [0.25, 0.3) is 0 Å². The summed E-state index contributed by atoms with van der Waals surface area (Å²) in [7, 11) is 0. The number of hydrogen-bond donors (Lipinski definition) is 1. The summed E-state index contributed by atoms with van der Waals surface area (Å²) in [5, 5.41) is 3.73. The summed E-state index contributed by atoms with van der Waals surface area (Å²) in [6, 6.07) is 8.75. The Morgan fingerprint density at radius 2 is 1.86 bits per heavy atom. The highest BCUT2D eigenvalue weighted by atomic mass is 35.5. The van der Waals surface area contributed by atoms with E-state index in [9.17, 15) is 8.78 Å². The average Bonchev–Trinajstić information content (AvgIpc) is 2.46. The summed E-state index contributed by atoms with van der Waals surface area (Å²) < 4.78 is 27.5. The summed E-state index contributed by atoms with van der Waals surface area (Å²) in [4.78, 5) is 0. The maximum Gasteiger partial charge on any atom is 0.145 e. The van der Waals surface area contributed by atoms with Crippen LogP contribution in [0.2, 0.25) is 10.0 Å². The number of halogens is 4.